The van der Waals surface area contributed by atoms with Gasteiger partial charge in [-0.1, -0.05) is 48.2 Å². The maximum Gasteiger partial charge on any atom is 0.270 e. The monoisotopic (exact) mass is 654 g/mol. The van der Waals surface area contributed by atoms with Crippen molar-refractivity contribution in [3.63, 3.8) is 0 Å². The molecular formula is C41H30N6O3. The zero-order valence-electron chi connectivity index (χ0n) is 27.8. The van der Waals surface area contributed by atoms with Crippen molar-refractivity contribution in [1.29, 1.82) is 5.26 Å². The van der Waals surface area contributed by atoms with Crippen LogP contribution < -0.4 is 35.0 Å². The average molecular weight is 655 g/mol. The van der Waals surface area contributed by atoms with Gasteiger partial charge >= 0.3 is 0 Å². The minimum atomic E-state index is -0.359. The first-order valence-electron chi connectivity index (χ1n) is 16.2. The molecule has 0 saturated heterocycles. The quantitative estimate of drug-likeness (QED) is 0.115. The average Bonchev–Trinajstić information content (AvgIpc) is 3.10. The van der Waals surface area contributed by atoms with Gasteiger partial charge in [0.1, 0.15) is 18.5 Å². The number of hydrogen-bond donors (Lipinski definition) is 2. The minimum Gasteiger partial charge on any atom is -0.872 e. The van der Waals surface area contributed by atoms with E-state index in [2.05, 4.69) is 43.3 Å². The molecule has 0 aromatic heterocycles. The molecule has 0 radical (unpaired) electrons. The van der Waals surface area contributed by atoms with Crippen LogP contribution in [0.1, 0.15) is 5.56 Å². The summed E-state index contributed by atoms with van der Waals surface area (Å²) in [6.07, 6.45) is 0. The number of rotatable bonds is 1. The Balaban J connectivity index is 1.57. The molecule has 0 spiro atoms. The van der Waals surface area contributed by atoms with E-state index in [1.165, 1.54) is 0 Å². The van der Waals surface area contributed by atoms with Crippen molar-refractivity contribution in [1.82, 2.24) is 4.58 Å². The van der Waals surface area contributed by atoms with Gasteiger partial charge in [-0.25, -0.2) is 14.7 Å². The van der Waals surface area contributed by atoms with Crippen LogP contribution in [-0.2, 0) is 0 Å². The molecule has 3 aliphatic rings. The van der Waals surface area contributed by atoms with Gasteiger partial charge in [-0.2, -0.15) is 0 Å². The van der Waals surface area contributed by atoms with E-state index < -0.39 is 0 Å². The highest BCUT2D eigenvalue weighted by Crippen LogP contribution is 2.57. The van der Waals surface area contributed by atoms with Gasteiger partial charge in [0, 0.05) is 59.5 Å². The van der Waals surface area contributed by atoms with E-state index in [9.17, 15) is 15.5 Å². The second-order valence-corrected chi connectivity index (χ2v) is 13.3. The lowest BCUT2D eigenvalue weighted by atomic mass is 9.73. The van der Waals surface area contributed by atoms with E-state index in [0.717, 1.165) is 49.4 Å². The molecule has 0 saturated carbocycles. The van der Waals surface area contributed by atoms with Crippen LogP contribution >= 0.6 is 0 Å². The van der Waals surface area contributed by atoms with Gasteiger partial charge < -0.3 is 30.0 Å². The van der Waals surface area contributed by atoms with Crippen LogP contribution in [0, 0.1) is 17.9 Å². The molecule has 0 bridgehead atoms. The Morgan fingerprint density at radius 1 is 0.780 bits per heavy atom. The van der Waals surface area contributed by atoms with Gasteiger partial charge in [-0.05, 0) is 57.5 Å². The summed E-state index contributed by atoms with van der Waals surface area (Å²) in [7, 11) is 7.99. The van der Waals surface area contributed by atoms with Crippen LogP contribution in [-0.4, -0.2) is 51.7 Å². The van der Waals surface area contributed by atoms with Crippen LogP contribution in [0.4, 0.5) is 17.1 Å². The maximum atomic E-state index is 15.1. The molecule has 1 aliphatic carbocycles. The first-order chi connectivity index (χ1) is 24.2. The molecule has 6 aromatic rings. The zero-order valence-corrected chi connectivity index (χ0v) is 27.8. The number of nitrogens with zero attached hydrogens (tertiary/aromatic N) is 6. The SMILES string of the molecule is [C-]#[N+]/C(C#N)=C1C(c2c3c(O)cccc3c3c4c(ccc(O)c24)N(C)CN3C)=C([O-])C/1=c1/c2ccccc2c2c3c(cccc13)N(C)C[N+]=2C. The summed E-state index contributed by atoms with van der Waals surface area (Å²) in [4.78, 5) is 9.94. The Morgan fingerprint density at radius 2 is 1.46 bits per heavy atom. The first kappa shape index (κ1) is 29.4. The predicted molar refractivity (Wildman–Crippen MR) is 197 cm³/mol. The fourth-order valence-corrected chi connectivity index (χ4v) is 8.66. The fraction of sp³-hybridized carbons (Fsp3) is 0.146. The molecule has 0 amide bonds. The van der Waals surface area contributed by atoms with Crippen molar-refractivity contribution < 1.29 is 15.3 Å². The Morgan fingerprint density at radius 3 is 2.22 bits per heavy atom. The molecule has 0 atom stereocenters. The third-order valence-electron chi connectivity index (χ3n) is 10.5. The largest absolute Gasteiger partial charge is 0.872 e. The second-order valence-electron chi connectivity index (χ2n) is 13.3. The Kier molecular flexibility index (Phi) is 5.97. The third-order valence-corrected chi connectivity index (χ3v) is 10.5. The Bertz CT molecular complexity index is 2880. The van der Waals surface area contributed by atoms with E-state index in [4.69, 9.17) is 6.57 Å². The number of hydrogen-bond acceptors (Lipinski definition) is 7. The lowest BCUT2D eigenvalue weighted by Crippen LogP contribution is -2.42. The van der Waals surface area contributed by atoms with Gasteiger partial charge in [0.05, 0.1) is 41.5 Å². The lowest BCUT2D eigenvalue weighted by molar-refractivity contribution is -0.292. The van der Waals surface area contributed by atoms with Crippen molar-refractivity contribution in [2.24, 2.45) is 0 Å². The van der Waals surface area contributed by atoms with Crippen molar-refractivity contribution >= 4 is 71.3 Å². The molecule has 50 heavy (non-hydrogen) atoms. The summed E-state index contributed by atoms with van der Waals surface area (Å²) < 4.78 is 2.20. The normalized spacial score (nSPS) is 17.5. The van der Waals surface area contributed by atoms with E-state index in [0.29, 0.717) is 40.3 Å². The number of aromatic hydroxyl groups is 2. The molecule has 9 rings (SSSR count). The van der Waals surface area contributed by atoms with Gasteiger partial charge in [0.25, 0.3) is 5.70 Å². The van der Waals surface area contributed by atoms with Crippen LogP contribution in [0.5, 0.6) is 11.5 Å². The lowest BCUT2D eigenvalue weighted by Gasteiger charge is -2.40. The summed E-state index contributed by atoms with van der Waals surface area (Å²) in [5, 5.41) is 56.3. The van der Waals surface area contributed by atoms with Crippen molar-refractivity contribution in [2.75, 3.05) is 56.2 Å². The van der Waals surface area contributed by atoms with Crippen LogP contribution in [0.25, 0.3) is 59.1 Å². The van der Waals surface area contributed by atoms with Gasteiger partial charge in [0.15, 0.2) is 0 Å². The highest BCUT2D eigenvalue weighted by molar-refractivity contribution is 6.30. The van der Waals surface area contributed by atoms with E-state index in [1.54, 1.807) is 18.2 Å². The highest BCUT2D eigenvalue weighted by atomic mass is 16.3. The molecule has 0 unspecified atom stereocenters. The van der Waals surface area contributed by atoms with Crippen molar-refractivity contribution in [2.45, 2.75) is 0 Å². The second kappa shape index (κ2) is 10.1. The summed E-state index contributed by atoms with van der Waals surface area (Å²) in [6, 6.07) is 24.7. The number of phenols is 2. The van der Waals surface area contributed by atoms with E-state index >= 15 is 5.11 Å². The molecule has 242 valence electrons. The van der Waals surface area contributed by atoms with Crippen molar-refractivity contribution in [3.05, 3.63) is 117 Å². The number of nitriles is 1. The summed E-state index contributed by atoms with van der Waals surface area (Å²) >= 11 is 0. The highest BCUT2D eigenvalue weighted by Gasteiger charge is 2.36. The van der Waals surface area contributed by atoms with Crippen LogP contribution in [0.3, 0.4) is 0 Å². The number of allylic oxidation sites excluding steroid dienone is 3. The standard InChI is InChI=1S/C41H30N6O3/c1-43-25(18-42)33-37(30-21-10-6-7-11-22(21)39-31-23(30)12-8-14-26(31)44(2)19-46(39)4)41(50)38(33)36-32-24(13-9-15-28(32)48)40-34-27(45(3)20-47(40)5)16-17-29(49)35(34)36/h6-17H,19-20H2,2-5H3,(H2-,48,49,50)/b33-25+. The molecule has 9 heteroatoms. The Labute approximate surface area is 287 Å². The predicted octanol–water partition coefficient (Wildman–Crippen LogP) is 4.72. The minimum absolute atomic E-state index is 0.0682. The third kappa shape index (κ3) is 3.56. The van der Waals surface area contributed by atoms with Gasteiger partial charge in [0.2, 0.25) is 12.0 Å². The molecule has 6 aromatic carbocycles. The van der Waals surface area contributed by atoms with Crippen LogP contribution in [0.15, 0.2) is 89.8 Å². The molecule has 9 nitrogen and oxygen atoms in total. The molecule has 2 aliphatic heterocycles. The summed E-state index contributed by atoms with van der Waals surface area (Å²) in [5.41, 5.74) is 3.40. The Hall–Kier alpha value is -6.71. The zero-order chi connectivity index (χ0) is 34.7. The van der Waals surface area contributed by atoms with Gasteiger partial charge in [-0.3, -0.25) is 0 Å². The number of fused-ring (bicyclic) bond motifs is 4. The van der Waals surface area contributed by atoms with Gasteiger partial charge in [-0.15, -0.1) is 0 Å². The number of anilines is 3. The number of benzene rings is 6. The fourth-order valence-electron chi connectivity index (χ4n) is 8.66. The summed E-state index contributed by atoms with van der Waals surface area (Å²) in [5.74, 6) is -0.497. The molecule has 2 N–H and O–H groups in total. The molecular weight excluding hydrogens is 624 g/mol. The maximum absolute atomic E-state index is 15.1. The topological polar surface area (TPSA) is 104 Å². The number of phenolic OH excluding ortho intramolecular Hbond substituents is 2. The molecule has 0 fully saturated rings. The molecule has 2 heterocycles. The van der Waals surface area contributed by atoms with E-state index in [1.807, 2.05) is 69.7 Å². The van der Waals surface area contributed by atoms with E-state index in [-0.39, 0.29) is 39.7 Å². The smallest absolute Gasteiger partial charge is 0.270 e. The first-order valence-corrected chi connectivity index (χ1v) is 16.2. The van der Waals surface area contributed by atoms with Crippen LogP contribution in [0.2, 0.25) is 0 Å². The van der Waals surface area contributed by atoms with Crippen molar-refractivity contribution in [3.8, 4) is 17.6 Å². The summed E-state index contributed by atoms with van der Waals surface area (Å²) in [6.45, 7) is 9.38.